The summed E-state index contributed by atoms with van der Waals surface area (Å²) in [7, 11) is -1.59. The zero-order valence-electron chi connectivity index (χ0n) is 11.1. The molecule has 1 heterocycles. The molecule has 7 nitrogen and oxygen atoms in total. The van der Waals surface area contributed by atoms with Crippen molar-refractivity contribution in [2.24, 2.45) is 5.73 Å². The van der Waals surface area contributed by atoms with Gasteiger partial charge in [-0.1, -0.05) is 0 Å². The van der Waals surface area contributed by atoms with Gasteiger partial charge in [0.25, 0.3) is 0 Å². The van der Waals surface area contributed by atoms with E-state index in [4.69, 9.17) is 15.6 Å². The number of carbonyl (C=O) groups is 1. The lowest BCUT2D eigenvalue weighted by Gasteiger charge is -2.28. The van der Waals surface area contributed by atoms with Crippen LogP contribution in [0.4, 0.5) is 0 Å². The molecular weight excluding hydrogens is 272 g/mol. The average molecular weight is 294 g/mol. The standard InChI is InChI=1S/C11H22N2O5S/c1-18-10(7-12)6-11(15)13(3-4-14)9-2-5-19(16,17)8-9/h9-10,14H,2-8,12H2,1H3. The van der Waals surface area contributed by atoms with Crippen molar-refractivity contribution in [1.29, 1.82) is 0 Å². The maximum Gasteiger partial charge on any atom is 0.225 e. The molecular formula is C11H22N2O5S. The van der Waals surface area contributed by atoms with Crippen molar-refractivity contribution in [3.63, 3.8) is 0 Å². The van der Waals surface area contributed by atoms with E-state index in [1.807, 2.05) is 0 Å². The highest BCUT2D eigenvalue weighted by atomic mass is 32.2. The van der Waals surface area contributed by atoms with Crippen LogP contribution in [-0.4, -0.2) is 74.8 Å². The van der Waals surface area contributed by atoms with E-state index in [9.17, 15) is 13.2 Å². The molecule has 2 unspecified atom stereocenters. The van der Waals surface area contributed by atoms with Crippen LogP contribution in [0.3, 0.4) is 0 Å². The molecule has 1 aliphatic rings. The summed E-state index contributed by atoms with van der Waals surface area (Å²) in [4.78, 5) is 13.6. The normalized spacial score (nSPS) is 23.2. The SMILES string of the molecule is COC(CN)CC(=O)N(CCO)C1CCS(=O)(=O)C1. The number of nitrogens with two attached hydrogens (primary N) is 1. The van der Waals surface area contributed by atoms with Crippen molar-refractivity contribution < 1.29 is 23.1 Å². The molecule has 0 spiro atoms. The van der Waals surface area contributed by atoms with Gasteiger partial charge < -0.3 is 20.5 Å². The molecule has 1 amide bonds. The summed E-state index contributed by atoms with van der Waals surface area (Å²) in [6, 6.07) is -0.347. The maximum atomic E-state index is 12.1. The highest BCUT2D eigenvalue weighted by Gasteiger charge is 2.34. The first kappa shape index (κ1) is 16.4. The second-order valence-electron chi connectivity index (χ2n) is 4.67. The van der Waals surface area contributed by atoms with Crippen LogP contribution < -0.4 is 5.73 Å². The fourth-order valence-electron chi connectivity index (χ4n) is 2.21. The third kappa shape index (κ3) is 4.72. The molecule has 1 saturated heterocycles. The van der Waals surface area contributed by atoms with Gasteiger partial charge in [-0.2, -0.15) is 0 Å². The van der Waals surface area contributed by atoms with Gasteiger partial charge in [-0.15, -0.1) is 0 Å². The van der Waals surface area contributed by atoms with Crippen molar-refractivity contribution in [3.8, 4) is 0 Å². The monoisotopic (exact) mass is 294 g/mol. The predicted molar refractivity (Wildman–Crippen MR) is 70.3 cm³/mol. The molecule has 0 aromatic heterocycles. The van der Waals surface area contributed by atoms with Gasteiger partial charge in [0, 0.05) is 26.2 Å². The van der Waals surface area contributed by atoms with Gasteiger partial charge in [-0.05, 0) is 6.42 Å². The predicted octanol–water partition coefficient (Wildman–Crippen LogP) is -1.64. The van der Waals surface area contributed by atoms with E-state index >= 15 is 0 Å². The number of nitrogens with zero attached hydrogens (tertiary/aromatic N) is 1. The van der Waals surface area contributed by atoms with Crippen LogP contribution in [0.2, 0.25) is 0 Å². The Hall–Kier alpha value is -0.700. The lowest BCUT2D eigenvalue weighted by atomic mass is 10.1. The number of ether oxygens (including phenoxy) is 1. The van der Waals surface area contributed by atoms with Crippen LogP contribution >= 0.6 is 0 Å². The summed E-state index contributed by atoms with van der Waals surface area (Å²) in [6.07, 6.45) is 0.143. The summed E-state index contributed by atoms with van der Waals surface area (Å²) in [5, 5.41) is 9.03. The Morgan fingerprint density at radius 1 is 1.58 bits per heavy atom. The van der Waals surface area contributed by atoms with Gasteiger partial charge in [0.05, 0.1) is 30.6 Å². The van der Waals surface area contributed by atoms with Crippen molar-refractivity contribution >= 4 is 15.7 Å². The first-order valence-electron chi connectivity index (χ1n) is 6.27. The van der Waals surface area contributed by atoms with E-state index in [0.717, 1.165) is 0 Å². The number of methoxy groups -OCH3 is 1. The summed E-state index contributed by atoms with van der Waals surface area (Å²) < 4.78 is 28.0. The highest BCUT2D eigenvalue weighted by Crippen LogP contribution is 2.19. The third-order valence-electron chi connectivity index (χ3n) is 3.31. The van der Waals surface area contributed by atoms with Crippen molar-refractivity contribution in [3.05, 3.63) is 0 Å². The van der Waals surface area contributed by atoms with Crippen LogP contribution in [0.25, 0.3) is 0 Å². The van der Waals surface area contributed by atoms with Crippen molar-refractivity contribution in [2.45, 2.75) is 25.0 Å². The molecule has 0 radical (unpaired) electrons. The number of carbonyl (C=O) groups excluding carboxylic acids is 1. The molecule has 0 aromatic carbocycles. The molecule has 19 heavy (non-hydrogen) atoms. The van der Waals surface area contributed by atoms with Crippen LogP contribution in [0.5, 0.6) is 0 Å². The van der Waals surface area contributed by atoms with E-state index in [0.29, 0.717) is 6.42 Å². The topological polar surface area (TPSA) is 110 Å². The smallest absolute Gasteiger partial charge is 0.225 e. The summed E-state index contributed by atoms with van der Waals surface area (Å²) in [5.74, 6) is -0.162. The van der Waals surface area contributed by atoms with E-state index in [2.05, 4.69) is 0 Å². The van der Waals surface area contributed by atoms with E-state index in [1.165, 1.54) is 12.0 Å². The quantitative estimate of drug-likeness (QED) is 0.582. The maximum absolute atomic E-state index is 12.1. The van der Waals surface area contributed by atoms with Gasteiger partial charge in [0.1, 0.15) is 0 Å². The Labute approximate surface area is 113 Å². The molecule has 1 aliphatic heterocycles. The van der Waals surface area contributed by atoms with Crippen molar-refractivity contribution in [2.75, 3.05) is 38.3 Å². The second kappa shape index (κ2) is 7.18. The molecule has 1 rings (SSSR count). The molecule has 0 aliphatic carbocycles. The summed E-state index contributed by atoms with van der Waals surface area (Å²) in [5.41, 5.74) is 5.46. The largest absolute Gasteiger partial charge is 0.395 e. The number of amides is 1. The third-order valence-corrected chi connectivity index (χ3v) is 5.06. The Bertz CT molecular complexity index is 394. The van der Waals surface area contributed by atoms with E-state index < -0.39 is 9.84 Å². The second-order valence-corrected chi connectivity index (χ2v) is 6.89. The van der Waals surface area contributed by atoms with Crippen molar-refractivity contribution in [1.82, 2.24) is 4.90 Å². The minimum absolute atomic E-state index is 0.0288. The Morgan fingerprint density at radius 3 is 2.68 bits per heavy atom. The average Bonchev–Trinajstić information content (AvgIpc) is 2.72. The number of hydrogen-bond acceptors (Lipinski definition) is 6. The molecule has 112 valence electrons. The first-order valence-corrected chi connectivity index (χ1v) is 8.09. The highest BCUT2D eigenvalue weighted by molar-refractivity contribution is 7.91. The molecule has 2 atom stereocenters. The zero-order chi connectivity index (χ0) is 14.5. The van der Waals surface area contributed by atoms with Gasteiger partial charge in [-0.3, -0.25) is 4.79 Å². The Morgan fingerprint density at radius 2 is 2.26 bits per heavy atom. The minimum atomic E-state index is -3.06. The summed E-state index contributed by atoms with van der Waals surface area (Å²) in [6.45, 7) is 0.167. The van der Waals surface area contributed by atoms with Gasteiger partial charge >= 0.3 is 0 Å². The van der Waals surface area contributed by atoms with E-state index in [1.54, 1.807) is 0 Å². The van der Waals surface area contributed by atoms with Gasteiger partial charge in [0.2, 0.25) is 5.91 Å². The first-order chi connectivity index (χ1) is 8.93. The van der Waals surface area contributed by atoms with Crippen LogP contribution in [0, 0.1) is 0 Å². The molecule has 0 saturated carbocycles. The lowest BCUT2D eigenvalue weighted by molar-refractivity contribution is -0.136. The van der Waals surface area contributed by atoms with E-state index in [-0.39, 0.29) is 55.7 Å². The van der Waals surface area contributed by atoms with Crippen LogP contribution in [0.1, 0.15) is 12.8 Å². The summed E-state index contributed by atoms with van der Waals surface area (Å²) >= 11 is 0. The molecule has 0 aromatic rings. The zero-order valence-corrected chi connectivity index (χ0v) is 11.9. The van der Waals surface area contributed by atoms with Crippen LogP contribution in [-0.2, 0) is 19.4 Å². The molecule has 8 heteroatoms. The lowest BCUT2D eigenvalue weighted by Crippen LogP contribution is -2.44. The number of hydrogen-bond donors (Lipinski definition) is 2. The number of aliphatic hydroxyl groups excluding tert-OH is 1. The minimum Gasteiger partial charge on any atom is -0.395 e. The number of aliphatic hydroxyl groups is 1. The Kier molecular flexibility index (Phi) is 6.18. The molecule has 1 fully saturated rings. The number of sulfone groups is 1. The van der Waals surface area contributed by atoms with Gasteiger partial charge in [0.15, 0.2) is 9.84 Å². The fraction of sp³-hybridized carbons (Fsp3) is 0.909. The Balaban J connectivity index is 2.69. The molecule has 0 bridgehead atoms. The fourth-order valence-corrected chi connectivity index (χ4v) is 3.95. The molecule has 3 N–H and O–H groups in total. The van der Waals surface area contributed by atoms with Gasteiger partial charge in [-0.25, -0.2) is 8.42 Å². The van der Waals surface area contributed by atoms with Crippen LogP contribution in [0.15, 0.2) is 0 Å². The number of rotatable bonds is 7.